The summed E-state index contributed by atoms with van der Waals surface area (Å²) in [6, 6.07) is 0. The number of rotatable bonds is 3. The van der Waals surface area contributed by atoms with Crippen LogP contribution >= 0.6 is 0 Å². The molecule has 0 radical (unpaired) electrons. The standard InChI is InChI=1S/C15H21F3O3/c1-14(2,3)21-13(19)20-12(15(16,17)18)8-11-7-9-4-5-10(11)6-9/h4-5,9-12H,6-8H2,1-3H3. The van der Waals surface area contributed by atoms with Gasteiger partial charge in [-0.25, -0.2) is 4.79 Å². The van der Waals surface area contributed by atoms with Gasteiger partial charge in [-0.1, -0.05) is 12.2 Å². The summed E-state index contributed by atoms with van der Waals surface area (Å²) >= 11 is 0. The van der Waals surface area contributed by atoms with Crippen molar-refractivity contribution < 1.29 is 27.4 Å². The van der Waals surface area contributed by atoms with E-state index in [0.29, 0.717) is 5.92 Å². The van der Waals surface area contributed by atoms with Crippen molar-refractivity contribution in [3.05, 3.63) is 12.2 Å². The van der Waals surface area contributed by atoms with E-state index in [-0.39, 0.29) is 18.3 Å². The first-order valence-electron chi connectivity index (χ1n) is 7.19. The lowest BCUT2D eigenvalue weighted by atomic mass is 9.88. The molecule has 4 unspecified atom stereocenters. The van der Waals surface area contributed by atoms with Crippen molar-refractivity contribution in [1.29, 1.82) is 0 Å². The second-order valence-electron chi connectivity index (χ2n) is 6.89. The van der Waals surface area contributed by atoms with Gasteiger partial charge in [0.2, 0.25) is 6.10 Å². The van der Waals surface area contributed by atoms with Crippen molar-refractivity contribution >= 4 is 6.16 Å². The number of alkyl halides is 3. The van der Waals surface area contributed by atoms with Crippen LogP contribution in [0.25, 0.3) is 0 Å². The summed E-state index contributed by atoms with van der Waals surface area (Å²) in [5, 5.41) is 0. The predicted octanol–water partition coefficient (Wildman–Crippen LogP) is 4.47. The van der Waals surface area contributed by atoms with Gasteiger partial charge in [-0.05, 0) is 57.8 Å². The van der Waals surface area contributed by atoms with Crippen molar-refractivity contribution in [1.82, 2.24) is 0 Å². The van der Waals surface area contributed by atoms with Crippen LogP contribution in [0.15, 0.2) is 12.2 Å². The maximum atomic E-state index is 13.1. The molecular weight excluding hydrogens is 285 g/mol. The van der Waals surface area contributed by atoms with Gasteiger partial charge in [0.05, 0.1) is 0 Å². The molecule has 1 fully saturated rings. The quantitative estimate of drug-likeness (QED) is 0.570. The van der Waals surface area contributed by atoms with Crippen LogP contribution in [-0.4, -0.2) is 24.0 Å². The van der Waals surface area contributed by atoms with Crippen LogP contribution in [0.1, 0.15) is 40.0 Å². The summed E-state index contributed by atoms with van der Waals surface area (Å²) in [6.07, 6.45) is -2.39. The van der Waals surface area contributed by atoms with Gasteiger partial charge in [-0.15, -0.1) is 0 Å². The van der Waals surface area contributed by atoms with E-state index < -0.39 is 24.0 Å². The smallest absolute Gasteiger partial charge is 0.429 e. The number of carbonyl (C=O) groups is 1. The van der Waals surface area contributed by atoms with Gasteiger partial charge in [0.25, 0.3) is 0 Å². The third-order valence-corrected chi connectivity index (χ3v) is 3.93. The Morgan fingerprint density at radius 2 is 1.90 bits per heavy atom. The highest BCUT2D eigenvalue weighted by Gasteiger charge is 2.47. The van der Waals surface area contributed by atoms with Gasteiger partial charge in [0.1, 0.15) is 5.60 Å². The molecule has 0 aromatic carbocycles. The van der Waals surface area contributed by atoms with Crippen molar-refractivity contribution in [3.8, 4) is 0 Å². The summed E-state index contributed by atoms with van der Waals surface area (Å²) in [4.78, 5) is 11.5. The van der Waals surface area contributed by atoms with Gasteiger partial charge < -0.3 is 9.47 Å². The van der Waals surface area contributed by atoms with E-state index in [1.54, 1.807) is 20.8 Å². The average molecular weight is 306 g/mol. The maximum absolute atomic E-state index is 13.1. The molecule has 0 saturated heterocycles. The fourth-order valence-corrected chi connectivity index (χ4v) is 3.08. The normalized spacial score (nSPS) is 29.5. The van der Waals surface area contributed by atoms with Gasteiger partial charge >= 0.3 is 12.3 Å². The number of ether oxygens (including phenoxy) is 2. The zero-order valence-corrected chi connectivity index (χ0v) is 12.4. The van der Waals surface area contributed by atoms with Crippen LogP contribution in [0, 0.1) is 17.8 Å². The Morgan fingerprint density at radius 1 is 1.24 bits per heavy atom. The molecule has 6 heteroatoms. The topological polar surface area (TPSA) is 35.5 Å². The molecule has 120 valence electrons. The first-order chi connectivity index (χ1) is 9.54. The van der Waals surface area contributed by atoms with Crippen LogP contribution in [0.4, 0.5) is 18.0 Å². The summed E-state index contributed by atoms with van der Waals surface area (Å²) in [5.41, 5.74) is -0.873. The molecule has 0 amide bonds. The summed E-state index contributed by atoms with van der Waals surface area (Å²) in [6.45, 7) is 4.74. The molecule has 0 heterocycles. The van der Waals surface area contributed by atoms with Gasteiger partial charge in [-0.2, -0.15) is 13.2 Å². The number of hydrogen-bond donors (Lipinski definition) is 0. The molecule has 4 atom stereocenters. The molecule has 3 nitrogen and oxygen atoms in total. The average Bonchev–Trinajstić information content (AvgIpc) is 2.85. The molecule has 0 aromatic heterocycles. The van der Waals surface area contributed by atoms with E-state index in [9.17, 15) is 18.0 Å². The minimum atomic E-state index is -4.57. The summed E-state index contributed by atoms with van der Waals surface area (Å²) in [5.74, 6) is 0.492. The minimum Gasteiger partial charge on any atom is -0.429 e. The Kier molecular flexibility index (Phi) is 4.26. The lowest BCUT2D eigenvalue weighted by Gasteiger charge is -2.27. The highest BCUT2D eigenvalue weighted by Crippen LogP contribution is 2.46. The Balaban J connectivity index is 1.96. The molecule has 0 aromatic rings. The number of hydrogen-bond acceptors (Lipinski definition) is 3. The maximum Gasteiger partial charge on any atom is 0.509 e. The highest BCUT2D eigenvalue weighted by molar-refractivity contribution is 5.60. The molecule has 2 aliphatic carbocycles. The van der Waals surface area contributed by atoms with Crippen molar-refractivity contribution in [3.63, 3.8) is 0 Å². The number of halogens is 3. The largest absolute Gasteiger partial charge is 0.509 e. The minimum absolute atomic E-state index is 0.0749. The second kappa shape index (κ2) is 5.54. The van der Waals surface area contributed by atoms with Crippen LogP contribution in [0.3, 0.4) is 0 Å². The molecule has 2 rings (SSSR count). The third-order valence-electron chi connectivity index (χ3n) is 3.93. The number of fused-ring (bicyclic) bond motifs is 2. The van der Waals surface area contributed by atoms with Crippen molar-refractivity contribution in [2.45, 2.75) is 57.9 Å². The first kappa shape index (κ1) is 16.2. The number of carbonyl (C=O) groups excluding carboxylic acids is 1. The van der Waals surface area contributed by atoms with Gasteiger partial charge in [-0.3, -0.25) is 0 Å². The zero-order valence-electron chi connectivity index (χ0n) is 12.4. The van der Waals surface area contributed by atoms with Crippen LogP contribution in [-0.2, 0) is 9.47 Å². The monoisotopic (exact) mass is 306 g/mol. The van der Waals surface area contributed by atoms with Gasteiger partial charge in [0, 0.05) is 0 Å². The first-order valence-corrected chi connectivity index (χ1v) is 7.19. The molecule has 1 saturated carbocycles. The van der Waals surface area contributed by atoms with E-state index in [1.807, 2.05) is 6.08 Å². The number of allylic oxidation sites excluding steroid dienone is 2. The molecule has 2 aliphatic rings. The van der Waals surface area contributed by atoms with E-state index in [4.69, 9.17) is 4.74 Å². The summed E-state index contributed by atoms with van der Waals surface area (Å²) < 4.78 is 48.5. The van der Waals surface area contributed by atoms with E-state index >= 15 is 0 Å². The van der Waals surface area contributed by atoms with Crippen molar-refractivity contribution in [2.75, 3.05) is 0 Å². The van der Waals surface area contributed by atoms with E-state index in [0.717, 1.165) is 12.8 Å². The second-order valence-corrected chi connectivity index (χ2v) is 6.89. The van der Waals surface area contributed by atoms with Gasteiger partial charge in [0.15, 0.2) is 0 Å². The van der Waals surface area contributed by atoms with Crippen LogP contribution in [0.2, 0.25) is 0 Å². The molecule has 0 spiro atoms. The third kappa shape index (κ3) is 4.38. The SMILES string of the molecule is CC(C)(C)OC(=O)OC(CC1CC2C=CC1C2)C(F)(F)F. The van der Waals surface area contributed by atoms with Crippen molar-refractivity contribution in [2.24, 2.45) is 17.8 Å². The Labute approximate surface area is 122 Å². The Hall–Kier alpha value is -1.20. The fraction of sp³-hybridized carbons (Fsp3) is 0.800. The molecule has 21 heavy (non-hydrogen) atoms. The lowest BCUT2D eigenvalue weighted by Crippen LogP contribution is -2.38. The van der Waals surface area contributed by atoms with Crippen LogP contribution in [0.5, 0.6) is 0 Å². The molecule has 2 bridgehead atoms. The zero-order chi connectivity index (χ0) is 15.8. The highest BCUT2D eigenvalue weighted by atomic mass is 19.4. The molecule has 0 N–H and O–H groups in total. The lowest BCUT2D eigenvalue weighted by molar-refractivity contribution is -0.216. The van der Waals surface area contributed by atoms with E-state index in [1.165, 1.54) is 0 Å². The molecular formula is C15H21F3O3. The van der Waals surface area contributed by atoms with Crippen LogP contribution < -0.4 is 0 Å². The Bertz CT molecular complexity index is 423. The predicted molar refractivity (Wildman–Crippen MR) is 70.6 cm³/mol. The van der Waals surface area contributed by atoms with E-state index in [2.05, 4.69) is 10.8 Å². The Morgan fingerprint density at radius 3 is 2.33 bits per heavy atom. The summed E-state index contributed by atoms with van der Waals surface area (Å²) in [7, 11) is 0. The fourth-order valence-electron chi connectivity index (χ4n) is 3.08. The molecule has 0 aliphatic heterocycles.